The van der Waals surface area contributed by atoms with Crippen LogP contribution in [0.5, 0.6) is 0 Å². The van der Waals surface area contributed by atoms with E-state index < -0.39 is 42.5 Å². The number of nitrogens with one attached hydrogen (secondary N) is 1. The lowest BCUT2D eigenvalue weighted by Crippen LogP contribution is -2.44. The summed E-state index contributed by atoms with van der Waals surface area (Å²) in [7, 11) is -7.41. The molecule has 1 heterocycles. The molecule has 1 fully saturated rings. The van der Waals surface area contributed by atoms with Crippen molar-refractivity contribution in [1.29, 1.82) is 0 Å². The predicted octanol–water partition coefficient (Wildman–Crippen LogP) is 2.56. The molecule has 9 heteroatoms. The first-order valence-electron chi connectivity index (χ1n) is 8.77. The van der Waals surface area contributed by atoms with E-state index in [1.165, 1.54) is 19.1 Å². The monoisotopic (exact) mass is 445 g/mol. The van der Waals surface area contributed by atoms with Gasteiger partial charge in [-0.05, 0) is 61.3 Å². The van der Waals surface area contributed by atoms with Crippen molar-refractivity contribution in [2.75, 3.05) is 18.1 Å². The third-order valence-electron chi connectivity index (χ3n) is 4.89. The van der Waals surface area contributed by atoms with Crippen LogP contribution in [0, 0.1) is 12.7 Å². The Balaban J connectivity index is 1.77. The average Bonchev–Trinajstić information content (AvgIpc) is 2.94. The molecule has 2 aromatic carbocycles. The van der Waals surface area contributed by atoms with Gasteiger partial charge in [0.2, 0.25) is 0 Å². The highest BCUT2D eigenvalue weighted by atomic mass is 35.5. The topological polar surface area (TPSA) is 80.3 Å². The molecule has 28 heavy (non-hydrogen) atoms. The summed E-state index contributed by atoms with van der Waals surface area (Å²) in [6.07, 6.45) is 0.607. The molecule has 5 nitrogen and oxygen atoms in total. The lowest BCUT2D eigenvalue weighted by molar-refractivity contribution is 0.528. The Kier molecular flexibility index (Phi) is 6.14. The Morgan fingerprint density at radius 2 is 1.82 bits per heavy atom. The molecule has 2 atom stereocenters. The quantitative estimate of drug-likeness (QED) is 0.691. The second kappa shape index (κ2) is 8.10. The van der Waals surface area contributed by atoms with Crippen LogP contribution in [0.25, 0.3) is 0 Å². The normalized spacial score (nSPS) is 21.7. The zero-order chi connectivity index (χ0) is 20.5. The zero-order valence-electron chi connectivity index (χ0n) is 15.2. The molecule has 0 amide bonds. The first kappa shape index (κ1) is 21.2. The van der Waals surface area contributed by atoms with Crippen LogP contribution in [0.1, 0.15) is 11.1 Å². The Hall–Kier alpha value is -1.48. The van der Waals surface area contributed by atoms with Crippen molar-refractivity contribution < 1.29 is 21.2 Å². The summed E-state index contributed by atoms with van der Waals surface area (Å²) < 4.78 is 63.8. The van der Waals surface area contributed by atoms with E-state index in [4.69, 9.17) is 11.6 Å². The molecule has 2 aromatic rings. The highest BCUT2D eigenvalue weighted by Crippen LogP contribution is 2.27. The third-order valence-corrected chi connectivity index (χ3v) is 9.29. The summed E-state index contributed by atoms with van der Waals surface area (Å²) in [5, 5.41) is 2.61. The highest BCUT2D eigenvalue weighted by Gasteiger charge is 2.45. The summed E-state index contributed by atoms with van der Waals surface area (Å²) in [5.41, 5.74) is 1.21. The molecule has 0 aliphatic carbocycles. The van der Waals surface area contributed by atoms with Crippen molar-refractivity contribution in [3.63, 3.8) is 0 Å². The molecule has 0 spiro atoms. The molecular formula is C19H21ClFNO4S2. The van der Waals surface area contributed by atoms with Gasteiger partial charge in [0.05, 0.1) is 21.7 Å². The van der Waals surface area contributed by atoms with E-state index in [2.05, 4.69) is 5.32 Å². The van der Waals surface area contributed by atoms with E-state index in [1.54, 1.807) is 12.1 Å². The number of sulfone groups is 2. The van der Waals surface area contributed by atoms with Gasteiger partial charge in [0.1, 0.15) is 5.82 Å². The maximum atomic E-state index is 13.5. The van der Waals surface area contributed by atoms with Crippen LogP contribution in [0.2, 0.25) is 5.02 Å². The van der Waals surface area contributed by atoms with Gasteiger partial charge in [-0.25, -0.2) is 21.2 Å². The largest absolute Gasteiger partial charge is 0.311 e. The number of rotatable bonds is 6. The maximum absolute atomic E-state index is 13.5. The summed E-state index contributed by atoms with van der Waals surface area (Å²) in [5.74, 6) is -1.18. The summed E-state index contributed by atoms with van der Waals surface area (Å²) in [6, 6.07) is 10.1. The van der Waals surface area contributed by atoms with Crippen molar-refractivity contribution >= 4 is 31.3 Å². The standard InChI is InChI=1S/C19H21ClFNO4S2/c1-13-10-16(6-7-17(13)21)28(25,26)19-12-27(23,24)11-18(19)22-9-8-14-2-4-15(20)5-3-14/h2-7,10,18-19,22H,8-9,11-12H2,1H3/t18-,19-/m1/s1. The number of hydrogen-bond acceptors (Lipinski definition) is 5. The predicted molar refractivity (Wildman–Crippen MR) is 108 cm³/mol. The second-order valence-electron chi connectivity index (χ2n) is 7.01. The number of hydrogen-bond donors (Lipinski definition) is 1. The Bertz CT molecular complexity index is 1070. The van der Waals surface area contributed by atoms with Crippen LogP contribution in [0.15, 0.2) is 47.4 Å². The number of aryl methyl sites for hydroxylation is 1. The van der Waals surface area contributed by atoms with Gasteiger partial charge in [0.25, 0.3) is 0 Å². The summed E-state index contributed by atoms with van der Waals surface area (Å²) >= 11 is 5.86. The smallest absolute Gasteiger partial charge is 0.183 e. The molecule has 0 aromatic heterocycles. The summed E-state index contributed by atoms with van der Waals surface area (Å²) in [6.45, 7) is 1.90. The maximum Gasteiger partial charge on any atom is 0.183 e. The second-order valence-corrected chi connectivity index (χ2v) is 11.8. The lowest BCUT2D eigenvalue weighted by Gasteiger charge is -2.20. The van der Waals surface area contributed by atoms with Crippen LogP contribution in [0.3, 0.4) is 0 Å². The van der Waals surface area contributed by atoms with E-state index >= 15 is 0 Å². The molecule has 0 radical (unpaired) electrons. The van der Waals surface area contributed by atoms with Gasteiger partial charge in [-0.1, -0.05) is 23.7 Å². The van der Waals surface area contributed by atoms with Gasteiger partial charge in [0.15, 0.2) is 19.7 Å². The molecule has 0 bridgehead atoms. The van der Waals surface area contributed by atoms with Crippen molar-refractivity contribution in [3.8, 4) is 0 Å². The van der Waals surface area contributed by atoms with Crippen LogP contribution in [-0.2, 0) is 26.1 Å². The van der Waals surface area contributed by atoms with Gasteiger partial charge in [-0.2, -0.15) is 0 Å². The fraction of sp³-hybridized carbons (Fsp3) is 0.368. The fourth-order valence-electron chi connectivity index (χ4n) is 3.33. The van der Waals surface area contributed by atoms with Crippen LogP contribution < -0.4 is 5.32 Å². The molecule has 1 aliphatic rings. The first-order chi connectivity index (χ1) is 13.1. The van der Waals surface area contributed by atoms with Crippen molar-refractivity contribution in [1.82, 2.24) is 5.32 Å². The van der Waals surface area contributed by atoms with Crippen molar-refractivity contribution in [3.05, 3.63) is 64.4 Å². The molecule has 0 saturated carbocycles. The minimum Gasteiger partial charge on any atom is -0.311 e. The fourth-order valence-corrected chi connectivity index (χ4v) is 8.26. The van der Waals surface area contributed by atoms with Gasteiger partial charge < -0.3 is 5.32 Å². The Morgan fingerprint density at radius 1 is 1.14 bits per heavy atom. The molecule has 3 rings (SSSR count). The molecule has 1 N–H and O–H groups in total. The van der Waals surface area contributed by atoms with Crippen molar-refractivity contribution in [2.24, 2.45) is 0 Å². The van der Waals surface area contributed by atoms with Gasteiger partial charge in [-0.3, -0.25) is 0 Å². The molecule has 1 saturated heterocycles. The lowest BCUT2D eigenvalue weighted by atomic mass is 10.1. The van der Waals surface area contributed by atoms with E-state index in [-0.39, 0.29) is 16.2 Å². The molecule has 152 valence electrons. The minimum absolute atomic E-state index is 0.0574. The molecule has 0 unspecified atom stereocenters. The van der Waals surface area contributed by atoms with Gasteiger partial charge in [0, 0.05) is 11.1 Å². The third kappa shape index (κ3) is 4.74. The van der Waals surface area contributed by atoms with E-state index in [0.717, 1.165) is 11.6 Å². The average molecular weight is 446 g/mol. The number of halogens is 2. The highest BCUT2D eigenvalue weighted by molar-refractivity contribution is 7.96. The SMILES string of the molecule is Cc1cc(S(=O)(=O)[C@@H]2CS(=O)(=O)C[C@H]2NCCc2ccc(Cl)cc2)ccc1F. The van der Waals surface area contributed by atoms with E-state index in [9.17, 15) is 21.2 Å². The van der Waals surface area contributed by atoms with E-state index in [0.29, 0.717) is 18.0 Å². The van der Waals surface area contributed by atoms with Gasteiger partial charge >= 0.3 is 0 Å². The van der Waals surface area contributed by atoms with Crippen LogP contribution in [0.4, 0.5) is 4.39 Å². The van der Waals surface area contributed by atoms with Gasteiger partial charge in [-0.15, -0.1) is 0 Å². The molecular weight excluding hydrogens is 425 g/mol. The minimum atomic E-state index is -3.92. The molecule has 1 aliphatic heterocycles. The van der Waals surface area contributed by atoms with Crippen molar-refractivity contribution in [2.45, 2.75) is 29.5 Å². The Labute approximate surface area is 169 Å². The zero-order valence-corrected chi connectivity index (χ0v) is 17.6. The van der Waals surface area contributed by atoms with Crippen LogP contribution in [-0.4, -0.2) is 46.2 Å². The first-order valence-corrected chi connectivity index (χ1v) is 12.5. The number of benzene rings is 2. The van der Waals surface area contributed by atoms with Crippen LogP contribution >= 0.6 is 11.6 Å². The Morgan fingerprint density at radius 3 is 2.46 bits per heavy atom. The van der Waals surface area contributed by atoms with E-state index in [1.807, 2.05) is 12.1 Å². The summed E-state index contributed by atoms with van der Waals surface area (Å²) in [4.78, 5) is -0.0574.